The second-order valence-electron chi connectivity index (χ2n) is 5.50. The van der Waals surface area contributed by atoms with Crippen molar-refractivity contribution in [2.24, 2.45) is 0 Å². The van der Waals surface area contributed by atoms with Crippen molar-refractivity contribution in [1.29, 1.82) is 0 Å². The van der Waals surface area contributed by atoms with E-state index < -0.39 is 0 Å². The number of ether oxygens (including phenoxy) is 1. The molecule has 0 aliphatic heterocycles. The van der Waals surface area contributed by atoms with Crippen molar-refractivity contribution in [2.75, 3.05) is 0 Å². The second kappa shape index (κ2) is 5.24. The van der Waals surface area contributed by atoms with Crippen LogP contribution >= 0.6 is 0 Å². The predicted molar refractivity (Wildman–Crippen MR) is 79.1 cm³/mol. The first-order chi connectivity index (χ1) is 10.4. The number of nitrogens with zero attached hydrogens (tertiary/aromatic N) is 2. The van der Waals surface area contributed by atoms with Gasteiger partial charge in [0.15, 0.2) is 0 Å². The maximum absolute atomic E-state index is 6.16. The summed E-state index contributed by atoms with van der Waals surface area (Å²) in [6.45, 7) is 0. The van der Waals surface area contributed by atoms with E-state index in [0.29, 0.717) is 5.88 Å². The summed E-state index contributed by atoms with van der Waals surface area (Å²) < 4.78 is 11.3. The zero-order valence-electron chi connectivity index (χ0n) is 11.7. The first-order valence-electron chi connectivity index (χ1n) is 7.44. The molecule has 5 nitrogen and oxygen atoms in total. The minimum atomic E-state index is 0.268. The maximum Gasteiger partial charge on any atom is 0.225 e. The molecule has 108 valence electrons. The van der Waals surface area contributed by atoms with Crippen molar-refractivity contribution in [3.8, 4) is 17.1 Å². The fourth-order valence-corrected chi connectivity index (χ4v) is 2.97. The quantitative estimate of drug-likeness (QED) is 0.791. The van der Waals surface area contributed by atoms with Gasteiger partial charge in [0.1, 0.15) is 11.8 Å². The van der Waals surface area contributed by atoms with Crippen LogP contribution in [-0.2, 0) is 0 Å². The number of rotatable bonds is 3. The number of H-pyrrole nitrogens is 1. The summed E-state index contributed by atoms with van der Waals surface area (Å²) in [6.07, 6.45) is 11.4. The van der Waals surface area contributed by atoms with Crippen LogP contribution in [0.5, 0.6) is 5.88 Å². The van der Waals surface area contributed by atoms with Crippen molar-refractivity contribution >= 4 is 10.9 Å². The highest BCUT2D eigenvalue weighted by Crippen LogP contribution is 2.34. The number of pyridine rings is 1. The van der Waals surface area contributed by atoms with Crippen LogP contribution in [0.25, 0.3) is 22.2 Å². The van der Waals surface area contributed by atoms with Gasteiger partial charge in [-0.3, -0.25) is 5.10 Å². The molecule has 3 aromatic rings. The van der Waals surface area contributed by atoms with E-state index in [0.717, 1.165) is 35.0 Å². The molecule has 0 aromatic carbocycles. The van der Waals surface area contributed by atoms with E-state index in [1.54, 1.807) is 18.7 Å². The minimum Gasteiger partial charge on any atom is -0.474 e. The molecule has 21 heavy (non-hydrogen) atoms. The second-order valence-corrected chi connectivity index (χ2v) is 5.50. The average Bonchev–Trinajstić information content (AvgIpc) is 3.17. The number of furan rings is 1. The Labute approximate surface area is 122 Å². The van der Waals surface area contributed by atoms with Gasteiger partial charge in [-0.25, -0.2) is 4.98 Å². The van der Waals surface area contributed by atoms with Crippen LogP contribution in [0.3, 0.4) is 0 Å². The molecule has 3 heterocycles. The molecule has 0 atom stereocenters. The van der Waals surface area contributed by atoms with Gasteiger partial charge in [0.05, 0.1) is 23.4 Å². The lowest BCUT2D eigenvalue weighted by Crippen LogP contribution is -2.20. The molecular formula is C16H17N3O2. The third kappa shape index (κ3) is 2.28. The highest BCUT2D eigenvalue weighted by Gasteiger charge is 2.20. The van der Waals surface area contributed by atoms with E-state index in [2.05, 4.69) is 15.2 Å². The molecule has 5 heteroatoms. The molecule has 0 unspecified atom stereocenters. The maximum atomic E-state index is 6.16. The summed E-state index contributed by atoms with van der Waals surface area (Å²) in [6, 6.07) is 3.81. The molecule has 1 fully saturated rings. The van der Waals surface area contributed by atoms with E-state index in [-0.39, 0.29) is 6.10 Å². The topological polar surface area (TPSA) is 63.9 Å². The Bertz CT molecular complexity index is 727. The predicted octanol–water partition coefficient (Wildman–Crippen LogP) is 3.93. The Hall–Kier alpha value is -2.30. The first kappa shape index (κ1) is 12.4. The highest BCUT2D eigenvalue weighted by atomic mass is 16.5. The molecule has 1 saturated carbocycles. The lowest BCUT2D eigenvalue weighted by molar-refractivity contribution is 0.151. The van der Waals surface area contributed by atoms with Gasteiger partial charge in [0.25, 0.3) is 0 Å². The smallest absolute Gasteiger partial charge is 0.225 e. The fraction of sp³-hybridized carbons (Fsp3) is 0.375. The molecule has 0 amide bonds. The Balaban J connectivity index is 1.75. The van der Waals surface area contributed by atoms with Gasteiger partial charge in [-0.1, -0.05) is 6.42 Å². The standard InChI is InChI=1S/C16H17N3O2/c1-2-4-12(5-3-1)21-16-14-13(6-8-17-16)18-19-15(14)11-7-9-20-10-11/h6-10,12H,1-5H2,(H,18,19). The summed E-state index contributed by atoms with van der Waals surface area (Å²) >= 11 is 0. The molecular weight excluding hydrogens is 266 g/mol. The number of nitrogens with one attached hydrogen (secondary N) is 1. The Kier molecular flexibility index (Phi) is 3.10. The van der Waals surface area contributed by atoms with Crippen molar-refractivity contribution < 1.29 is 9.15 Å². The Morgan fingerprint density at radius 1 is 1.19 bits per heavy atom. The van der Waals surface area contributed by atoms with E-state index in [9.17, 15) is 0 Å². The third-order valence-corrected chi connectivity index (χ3v) is 4.07. The zero-order valence-corrected chi connectivity index (χ0v) is 11.7. The van der Waals surface area contributed by atoms with Crippen LogP contribution in [0, 0.1) is 0 Å². The van der Waals surface area contributed by atoms with E-state index in [1.807, 2.05) is 12.1 Å². The molecule has 1 N–H and O–H groups in total. The van der Waals surface area contributed by atoms with Gasteiger partial charge in [0.2, 0.25) is 5.88 Å². The molecule has 1 aliphatic carbocycles. The summed E-state index contributed by atoms with van der Waals surface area (Å²) in [7, 11) is 0. The fourth-order valence-electron chi connectivity index (χ4n) is 2.97. The van der Waals surface area contributed by atoms with Gasteiger partial charge in [-0.05, 0) is 37.8 Å². The number of hydrogen-bond acceptors (Lipinski definition) is 4. The van der Waals surface area contributed by atoms with Crippen molar-refractivity contribution in [2.45, 2.75) is 38.2 Å². The monoisotopic (exact) mass is 283 g/mol. The van der Waals surface area contributed by atoms with Gasteiger partial charge in [0, 0.05) is 11.8 Å². The summed E-state index contributed by atoms with van der Waals surface area (Å²) in [4.78, 5) is 4.43. The number of hydrogen-bond donors (Lipinski definition) is 1. The summed E-state index contributed by atoms with van der Waals surface area (Å²) in [5.74, 6) is 0.671. The van der Waals surface area contributed by atoms with Crippen LogP contribution in [0.2, 0.25) is 0 Å². The minimum absolute atomic E-state index is 0.268. The number of aromatic nitrogens is 3. The number of fused-ring (bicyclic) bond motifs is 1. The van der Waals surface area contributed by atoms with Crippen molar-refractivity contribution in [3.05, 3.63) is 30.9 Å². The van der Waals surface area contributed by atoms with Crippen molar-refractivity contribution in [1.82, 2.24) is 15.2 Å². The van der Waals surface area contributed by atoms with Gasteiger partial charge >= 0.3 is 0 Å². The molecule has 4 rings (SSSR count). The normalized spacial score (nSPS) is 16.4. The number of aromatic amines is 1. The lowest BCUT2D eigenvalue weighted by atomic mass is 9.98. The van der Waals surface area contributed by atoms with E-state index in [4.69, 9.17) is 9.15 Å². The van der Waals surface area contributed by atoms with Crippen LogP contribution in [0.1, 0.15) is 32.1 Å². The van der Waals surface area contributed by atoms with Crippen molar-refractivity contribution in [3.63, 3.8) is 0 Å². The largest absolute Gasteiger partial charge is 0.474 e. The van der Waals surface area contributed by atoms with Gasteiger partial charge < -0.3 is 9.15 Å². The van der Waals surface area contributed by atoms with E-state index >= 15 is 0 Å². The summed E-state index contributed by atoms with van der Waals surface area (Å²) in [5.41, 5.74) is 2.70. The SMILES string of the molecule is c1cc2[nH]nc(-c3ccoc3)c2c(OC2CCCCC2)n1. The molecule has 1 aliphatic rings. The third-order valence-electron chi connectivity index (χ3n) is 4.07. The molecule has 0 spiro atoms. The molecule has 0 radical (unpaired) electrons. The molecule has 0 bridgehead atoms. The Morgan fingerprint density at radius 3 is 2.90 bits per heavy atom. The van der Waals surface area contributed by atoms with E-state index in [1.165, 1.54) is 19.3 Å². The summed E-state index contributed by atoms with van der Waals surface area (Å²) in [5, 5.41) is 8.36. The van der Waals surface area contributed by atoms with Crippen LogP contribution < -0.4 is 4.74 Å². The Morgan fingerprint density at radius 2 is 2.10 bits per heavy atom. The average molecular weight is 283 g/mol. The zero-order chi connectivity index (χ0) is 14.1. The highest BCUT2D eigenvalue weighted by molar-refractivity contribution is 5.96. The van der Waals surface area contributed by atoms with Crippen LogP contribution in [0.15, 0.2) is 35.3 Å². The first-order valence-corrected chi connectivity index (χ1v) is 7.44. The van der Waals surface area contributed by atoms with Gasteiger partial charge in [-0.15, -0.1) is 0 Å². The lowest BCUT2D eigenvalue weighted by Gasteiger charge is -2.22. The molecule has 3 aromatic heterocycles. The van der Waals surface area contributed by atoms with Gasteiger partial charge in [-0.2, -0.15) is 5.10 Å². The van der Waals surface area contributed by atoms with Crippen LogP contribution in [0.4, 0.5) is 0 Å². The van der Waals surface area contributed by atoms with Crippen LogP contribution in [-0.4, -0.2) is 21.3 Å². The molecule has 0 saturated heterocycles.